The normalized spacial score (nSPS) is 13.1. The van der Waals surface area contributed by atoms with Gasteiger partial charge in [-0.05, 0) is 127 Å². The molecule has 0 N–H and O–H groups in total. The third-order valence-corrected chi connectivity index (χ3v) is 11.8. The van der Waals surface area contributed by atoms with Crippen molar-refractivity contribution < 1.29 is 4.42 Å². The van der Waals surface area contributed by atoms with Crippen LogP contribution in [-0.4, -0.2) is 0 Å². The molecule has 0 atom stereocenters. The van der Waals surface area contributed by atoms with E-state index in [2.05, 4.69) is 195 Å². The molecule has 1 aliphatic carbocycles. The van der Waals surface area contributed by atoms with Crippen LogP contribution >= 0.6 is 0 Å². The maximum absolute atomic E-state index is 6.24. The van der Waals surface area contributed by atoms with Crippen molar-refractivity contribution in [2.24, 2.45) is 0 Å². The van der Waals surface area contributed by atoms with Crippen LogP contribution in [0.3, 0.4) is 0 Å². The van der Waals surface area contributed by atoms with Crippen LogP contribution in [0.15, 0.2) is 192 Å². The maximum atomic E-state index is 6.24. The van der Waals surface area contributed by atoms with Gasteiger partial charge in [-0.15, -0.1) is 0 Å². The van der Waals surface area contributed by atoms with Gasteiger partial charge in [0.1, 0.15) is 11.2 Å². The van der Waals surface area contributed by atoms with Gasteiger partial charge in [0.2, 0.25) is 0 Å². The molecular weight excluding hydrogens is 667 g/mol. The average Bonchev–Trinajstić information content (AvgIpc) is 3.71. The molecule has 0 aliphatic heterocycles. The van der Waals surface area contributed by atoms with E-state index in [9.17, 15) is 0 Å². The molecule has 10 aromatic rings. The van der Waals surface area contributed by atoms with E-state index >= 15 is 0 Å². The highest BCUT2D eigenvalue weighted by atomic mass is 16.3. The quantitative estimate of drug-likeness (QED) is 0.177. The Hall–Kier alpha value is -6.90. The summed E-state index contributed by atoms with van der Waals surface area (Å²) in [5.41, 5.74) is 15.3. The van der Waals surface area contributed by atoms with Crippen molar-refractivity contribution in [3.63, 3.8) is 0 Å². The third-order valence-electron chi connectivity index (χ3n) is 11.8. The second-order valence-corrected chi connectivity index (χ2v) is 15.4. The first kappa shape index (κ1) is 31.6. The van der Waals surface area contributed by atoms with Gasteiger partial charge in [0.25, 0.3) is 0 Å². The van der Waals surface area contributed by atoms with Crippen molar-refractivity contribution in [3.8, 4) is 33.4 Å². The second-order valence-electron chi connectivity index (χ2n) is 15.4. The lowest BCUT2D eigenvalue weighted by atomic mass is 9.82. The Balaban J connectivity index is 1.01. The zero-order valence-corrected chi connectivity index (χ0v) is 30.8. The number of hydrogen-bond acceptors (Lipinski definition) is 2. The topological polar surface area (TPSA) is 16.4 Å². The molecule has 0 fully saturated rings. The first-order chi connectivity index (χ1) is 27.0. The van der Waals surface area contributed by atoms with Gasteiger partial charge in [0, 0.05) is 33.2 Å². The predicted octanol–water partition coefficient (Wildman–Crippen LogP) is 15.0. The van der Waals surface area contributed by atoms with E-state index in [1.807, 2.05) is 12.1 Å². The Bertz CT molecular complexity index is 3110. The van der Waals surface area contributed by atoms with Gasteiger partial charge < -0.3 is 9.32 Å². The van der Waals surface area contributed by atoms with E-state index in [4.69, 9.17) is 4.42 Å². The summed E-state index contributed by atoms with van der Waals surface area (Å²) in [5, 5.41) is 7.20. The second kappa shape index (κ2) is 12.1. The van der Waals surface area contributed by atoms with Crippen LogP contribution in [-0.2, 0) is 5.41 Å². The van der Waals surface area contributed by atoms with Gasteiger partial charge in [-0.2, -0.15) is 0 Å². The van der Waals surface area contributed by atoms with Gasteiger partial charge in [-0.3, -0.25) is 0 Å². The number of nitrogens with zero attached hydrogens (tertiary/aromatic N) is 1. The highest BCUT2D eigenvalue weighted by Gasteiger charge is 2.35. The zero-order chi connectivity index (χ0) is 36.7. The monoisotopic (exact) mass is 703 g/mol. The van der Waals surface area contributed by atoms with Crippen molar-refractivity contribution in [1.82, 2.24) is 0 Å². The van der Waals surface area contributed by atoms with Crippen molar-refractivity contribution in [1.29, 1.82) is 0 Å². The van der Waals surface area contributed by atoms with Crippen LogP contribution in [0.25, 0.3) is 76.9 Å². The zero-order valence-electron chi connectivity index (χ0n) is 30.8. The van der Waals surface area contributed by atoms with E-state index in [-0.39, 0.29) is 5.41 Å². The molecule has 0 unspecified atom stereocenters. The van der Waals surface area contributed by atoms with Gasteiger partial charge in [-0.1, -0.05) is 141 Å². The number of rotatable bonds is 5. The number of anilines is 3. The first-order valence-corrected chi connectivity index (χ1v) is 19.1. The Labute approximate surface area is 320 Å². The van der Waals surface area contributed by atoms with Gasteiger partial charge in [0.15, 0.2) is 0 Å². The lowest BCUT2D eigenvalue weighted by molar-refractivity contribution is 0.660. The summed E-state index contributed by atoms with van der Waals surface area (Å²) >= 11 is 0. The molecule has 2 nitrogen and oxygen atoms in total. The number of hydrogen-bond donors (Lipinski definition) is 0. The summed E-state index contributed by atoms with van der Waals surface area (Å²) < 4.78 is 6.24. The van der Waals surface area contributed by atoms with Crippen molar-refractivity contribution in [3.05, 3.63) is 199 Å². The molecule has 11 rings (SSSR count). The van der Waals surface area contributed by atoms with Crippen LogP contribution in [0.5, 0.6) is 0 Å². The third kappa shape index (κ3) is 5.02. The smallest absolute Gasteiger partial charge is 0.136 e. The minimum Gasteiger partial charge on any atom is -0.456 e. The fourth-order valence-corrected chi connectivity index (χ4v) is 9.01. The SMILES string of the molecule is CC1(C)c2ccccc2-c2cc(N(c3ccc(-c4ccc5cc6c(cc5c4)oc4ccccc46)cc3)c3ccc(-c4cccc5ccccc45)cc3)ccc21. The molecule has 0 amide bonds. The molecular formula is C53H37NO. The highest BCUT2D eigenvalue weighted by molar-refractivity contribution is 6.10. The van der Waals surface area contributed by atoms with Crippen molar-refractivity contribution >= 4 is 60.5 Å². The van der Waals surface area contributed by atoms with Crippen LogP contribution in [0.4, 0.5) is 17.1 Å². The summed E-state index contributed by atoms with van der Waals surface area (Å²) in [6.45, 7) is 4.68. The first-order valence-electron chi connectivity index (χ1n) is 19.1. The van der Waals surface area contributed by atoms with E-state index in [1.54, 1.807) is 0 Å². The minimum absolute atomic E-state index is 0.0485. The summed E-state index contributed by atoms with van der Waals surface area (Å²) in [5.74, 6) is 0. The van der Waals surface area contributed by atoms with Gasteiger partial charge >= 0.3 is 0 Å². The van der Waals surface area contributed by atoms with Gasteiger partial charge in [0.05, 0.1) is 0 Å². The Morgan fingerprint density at radius 3 is 1.84 bits per heavy atom. The highest BCUT2D eigenvalue weighted by Crippen LogP contribution is 2.50. The minimum atomic E-state index is -0.0485. The molecule has 0 saturated carbocycles. The van der Waals surface area contributed by atoms with Crippen molar-refractivity contribution in [2.45, 2.75) is 19.3 Å². The summed E-state index contributed by atoms with van der Waals surface area (Å²) in [7, 11) is 0. The predicted molar refractivity (Wildman–Crippen MR) is 232 cm³/mol. The van der Waals surface area contributed by atoms with Crippen LogP contribution in [0.1, 0.15) is 25.0 Å². The number of para-hydroxylation sites is 1. The molecule has 0 saturated heterocycles. The van der Waals surface area contributed by atoms with Gasteiger partial charge in [-0.25, -0.2) is 0 Å². The Morgan fingerprint density at radius 1 is 0.364 bits per heavy atom. The standard InChI is InChI=1S/C53H37NO/c1-53(2)49-16-7-5-13-45(49)47-33-42(28-29-50(47)53)54(41-26-22-36(23-27-41)44-15-9-11-35-10-3-4-12-43(35)44)40-24-20-34(21-25-40)37-18-19-38-31-48-46-14-6-8-17-51(46)55-52(48)32-39(38)30-37/h3-33H,1-2H3. The Morgan fingerprint density at radius 2 is 1.00 bits per heavy atom. The molecule has 1 heterocycles. The number of benzene rings is 9. The van der Waals surface area contributed by atoms with E-state index in [0.717, 1.165) is 39.0 Å². The lowest BCUT2D eigenvalue weighted by Gasteiger charge is -2.27. The van der Waals surface area contributed by atoms with E-state index < -0.39 is 0 Å². The summed E-state index contributed by atoms with van der Waals surface area (Å²) in [4.78, 5) is 2.39. The molecule has 55 heavy (non-hydrogen) atoms. The largest absolute Gasteiger partial charge is 0.456 e. The molecule has 260 valence electrons. The molecule has 1 aliphatic rings. The van der Waals surface area contributed by atoms with Crippen molar-refractivity contribution in [2.75, 3.05) is 4.90 Å². The number of fused-ring (bicyclic) bond motifs is 8. The maximum Gasteiger partial charge on any atom is 0.136 e. The fraction of sp³-hybridized carbons (Fsp3) is 0.0566. The van der Waals surface area contributed by atoms with Crippen LogP contribution in [0.2, 0.25) is 0 Å². The van der Waals surface area contributed by atoms with E-state index in [1.165, 1.54) is 66.1 Å². The lowest BCUT2D eigenvalue weighted by Crippen LogP contribution is -2.15. The summed E-state index contributed by atoms with van der Waals surface area (Å²) in [6.07, 6.45) is 0. The molecule has 2 heteroatoms. The van der Waals surface area contributed by atoms with Crippen LogP contribution < -0.4 is 4.90 Å². The molecule has 0 bridgehead atoms. The molecule has 9 aromatic carbocycles. The molecule has 0 radical (unpaired) electrons. The average molecular weight is 704 g/mol. The van der Waals surface area contributed by atoms with E-state index in [0.29, 0.717) is 0 Å². The fourth-order valence-electron chi connectivity index (χ4n) is 9.01. The molecule has 0 spiro atoms. The molecule has 1 aromatic heterocycles. The van der Waals surface area contributed by atoms with Crippen LogP contribution in [0, 0.1) is 0 Å². The number of furan rings is 1. The summed E-state index contributed by atoms with van der Waals surface area (Å²) in [6, 6.07) is 68.6. The Kier molecular flexibility index (Phi) is 6.93.